The maximum atomic E-state index is 12.2. The van der Waals surface area contributed by atoms with Gasteiger partial charge in [0, 0.05) is 23.5 Å². The topological polar surface area (TPSA) is 64.0 Å². The highest BCUT2D eigenvalue weighted by atomic mass is 32.1. The summed E-state index contributed by atoms with van der Waals surface area (Å²) in [4.78, 5) is 25.3. The molecule has 0 saturated carbocycles. The van der Waals surface area contributed by atoms with Gasteiger partial charge in [0.15, 0.2) is 5.78 Å². The van der Waals surface area contributed by atoms with Crippen LogP contribution in [0.3, 0.4) is 0 Å². The summed E-state index contributed by atoms with van der Waals surface area (Å²) in [5.41, 5.74) is 4.85. The van der Waals surface area contributed by atoms with Gasteiger partial charge in [-0.3, -0.25) is 14.3 Å². The summed E-state index contributed by atoms with van der Waals surface area (Å²) in [5.74, 6) is 0.0216. The van der Waals surface area contributed by atoms with Gasteiger partial charge in [0.25, 0.3) is 0 Å². The molecular weight excluding hydrogens is 334 g/mol. The summed E-state index contributed by atoms with van der Waals surface area (Å²) >= 11 is 1.75. The van der Waals surface area contributed by atoms with E-state index in [2.05, 4.69) is 29.6 Å². The van der Waals surface area contributed by atoms with E-state index in [4.69, 9.17) is 0 Å². The lowest BCUT2D eigenvalue weighted by Crippen LogP contribution is -2.28. The fraction of sp³-hybridized carbons (Fsp3) is 0.526. The van der Waals surface area contributed by atoms with Gasteiger partial charge < -0.3 is 5.32 Å². The highest BCUT2D eigenvalue weighted by Crippen LogP contribution is 2.21. The fourth-order valence-corrected chi connectivity index (χ4v) is 4.10. The average Bonchev–Trinajstić information content (AvgIpc) is 3.00. The Kier molecular flexibility index (Phi) is 6.16. The first-order valence-corrected chi connectivity index (χ1v) is 9.47. The van der Waals surface area contributed by atoms with Crippen molar-refractivity contribution in [3.05, 3.63) is 38.3 Å². The summed E-state index contributed by atoms with van der Waals surface area (Å²) in [6.45, 7) is 12.1. The monoisotopic (exact) mass is 361 g/mol. The standard InChI is InChI=1S/C19H27N3O2S/c1-11(22-14(4)19(15(5)23)13(3)21-22)9-18(24)20-8-7-17-10-25-16(6)12(17)2/h10-11H,7-9H2,1-6H3,(H,20,24)/t11-/m0/s1. The Hall–Kier alpha value is -1.95. The highest BCUT2D eigenvalue weighted by Gasteiger charge is 2.20. The molecule has 0 spiro atoms. The Morgan fingerprint density at radius 3 is 2.48 bits per heavy atom. The third-order valence-electron chi connectivity index (χ3n) is 4.68. The number of nitrogens with one attached hydrogen (secondary N) is 1. The van der Waals surface area contributed by atoms with Gasteiger partial charge >= 0.3 is 0 Å². The molecule has 136 valence electrons. The van der Waals surface area contributed by atoms with Crippen LogP contribution in [0.15, 0.2) is 5.38 Å². The predicted molar refractivity (Wildman–Crippen MR) is 102 cm³/mol. The molecule has 1 atom stereocenters. The number of Topliss-reactive ketones (excluding diaryl/α,β-unsaturated/α-hetero) is 1. The van der Waals surface area contributed by atoms with Gasteiger partial charge in [-0.1, -0.05) is 0 Å². The zero-order valence-corrected chi connectivity index (χ0v) is 16.7. The summed E-state index contributed by atoms with van der Waals surface area (Å²) in [6, 6.07) is -0.0862. The molecule has 2 heterocycles. The molecule has 2 aromatic rings. The summed E-state index contributed by atoms with van der Waals surface area (Å²) in [5, 5.41) is 9.60. The molecule has 0 bridgehead atoms. The molecule has 0 aliphatic heterocycles. The number of nitrogens with zero attached hydrogens (tertiary/aromatic N) is 2. The molecule has 25 heavy (non-hydrogen) atoms. The maximum Gasteiger partial charge on any atom is 0.222 e. The fourth-order valence-electron chi connectivity index (χ4n) is 3.17. The summed E-state index contributed by atoms with van der Waals surface area (Å²) in [7, 11) is 0. The number of carbonyl (C=O) groups is 2. The van der Waals surface area contributed by atoms with E-state index in [1.165, 1.54) is 16.0 Å². The van der Waals surface area contributed by atoms with Crippen LogP contribution in [0.25, 0.3) is 0 Å². The van der Waals surface area contributed by atoms with E-state index in [1.807, 2.05) is 20.8 Å². The van der Waals surface area contributed by atoms with Crippen molar-refractivity contribution < 1.29 is 9.59 Å². The first-order valence-electron chi connectivity index (χ1n) is 8.59. The van der Waals surface area contributed by atoms with E-state index in [1.54, 1.807) is 22.9 Å². The molecule has 0 aliphatic carbocycles. The number of amides is 1. The third kappa shape index (κ3) is 4.37. The Morgan fingerprint density at radius 1 is 1.28 bits per heavy atom. The van der Waals surface area contributed by atoms with E-state index in [0.29, 0.717) is 18.5 Å². The summed E-state index contributed by atoms with van der Waals surface area (Å²) < 4.78 is 1.79. The molecule has 0 aromatic carbocycles. The van der Waals surface area contributed by atoms with Crippen LogP contribution in [0, 0.1) is 27.7 Å². The van der Waals surface area contributed by atoms with Crippen LogP contribution < -0.4 is 5.32 Å². The molecule has 0 saturated heterocycles. The number of aryl methyl sites for hydroxylation is 2. The molecule has 1 amide bonds. The zero-order chi connectivity index (χ0) is 18.7. The number of rotatable bonds is 7. The molecule has 1 N–H and O–H groups in total. The van der Waals surface area contributed by atoms with Crippen LogP contribution in [-0.4, -0.2) is 28.0 Å². The van der Waals surface area contributed by atoms with Crippen LogP contribution in [-0.2, 0) is 11.2 Å². The van der Waals surface area contributed by atoms with Crippen LogP contribution in [0.1, 0.15) is 64.1 Å². The maximum absolute atomic E-state index is 12.2. The molecule has 2 aromatic heterocycles. The lowest BCUT2D eigenvalue weighted by Gasteiger charge is -2.14. The van der Waals surface area contributed by atoms with Crippen molar-refractivity contribution in [1.82, 2.24) is 15.1 Å². The summed E-state index contributed by atoms with van der Waals surface area (Å²) in [6.07, 6.45) is 1.20. The minimum atomic E-state index is -0.0862. The van der Waals surface area contributed by atoms with Crippen molar-refractivity contribution in [1.29, 1.82) is 0 Å². The van der Waals surface area contributed by atoms with Gasteiger partial charge in [-0.05, 0) is 64.5 Å². The first-order chi connectivity index (χ1) is 11.7. The Morgan fingerprint density at radius 2 is 1.96 bits per heavy atom. The largest absolute Gasteiger partial charge is 0.356 e. The third-order valence-corrected chi connectivity index (χ3v) is 5.74. The van der Waals surface area contributed by atoms with Crippen molar-refractivity contribution in [2.24, 2.45) is 0 Å². The molecular formula is C19H27N3O2S. The lowest BCUT2D eigenvalue weighted by molar-refractivity contribution is -0.121. The smallest absolute Gasteiger partial charge is 0.222 e. The van der Waals surface area contributed by atoms with Crippen molar-refractivity contribution in [2.75, 3.05) is 6.54 Å². The molecule has 0 fully saturated rings. The number of aromatic nitrogens is 2. The molecule has 0 radical (unpaired) electrons. The minimum Gasteiger partial charge on any atom is -0.356 e. The average molecular weight is 362 g/mol. The second kappa shape index (κ2) is 7.95. The second-order valence-corrected chi connectivity index (χ2v) is 7.73. The van der Waals surface area contributed by atoms with E-state index < -0.39 is 0 Å². The SMILES string of the molecule is CC(=O)c1c(C)nn([C@@H](C)CC(=O)NCCc2csc(C)c2C)c1C. The zero-order valence-electron chi connectivity index (χ0n) is 15.9. The van der Waals surface area contributed by atoms with Crippen molar-refractivity contribution in [3.8, 4) is 0 Å². The number of hydrogen-bond donors (Lipinski definition) is 1. The van der Waals surface area contributed by atoms with Gasteiger partial charge in [0.05, 0.1) is 17.3 Å². The van der Waals surface area contributed by atoms with Crippen molar-refractivity contribution in [2.45, 2.75) is 60.4 Å². The molecule has 2 rings (SSSR count). The highest BCUT2D eigenvalue weighted by molar-refractivity contribution is 7.10. The van der Waals surface area contributed by atoms with Crippen molar-refractivity contribution in [3.63, 3.8) is 0 Å². The van der Waals surface area contributed by atoms with E-state index in [-0.39, 0.29) is 17.7 Å². The van der Waals surface area contributed by atoms with E-state index in [9.17, 15) is 9.59 Å². The normalized spacial score (nSPS) is 12.2. The van der Waals surface area contributed by atoms with Crippen molar-refractivity contribution >= 4 is 23.0 Å². The number of ketones is 1. The number of hydrogen-bond acceptors (Lipinski definition) is 4. The predicted octanol–water partition coefficient (Wildman–Crippen LogP) is 3.69. The van der Waals surface area contributed by atoms with Crippen LogP contribution >= 0.6 is 11.3 Å². The van der Waals surface area contributed by atoms with Gasteiger partial charge in [-0.15, -0.1) is 11.3 Å². The molecule has 0 unspecified atom stereocenters. The van der Waals surface area contributed by atoms with E-state index >= 15 is 0 Å². The Bertz CT molecular complexity index is 789. The van der Waals surface area contributed by atoms with Gasteiger partial charge in [0.1, 0.15) is 0 Å². The number of thiophene rings is 1. The van der Waals surface area contributed by atoms with Gasteiger partial charge in [-0.25, -0.2) is 0 Å². The van der Waals surface area contributed by atoms with Crippen LogP contribution in [0.2, 0.25) is 0 Å². The minimum absolute atomic E-state index is 0.00836. The Labute approximate surface area is 153 Å². The van der Waals surface area contributed by atoms with E-state index in [0.717, 1.165) is 17.8 Å². The van der Waals surface area contributed by atoms with Gasteiger partial charge in [0.2, 0.25) is 5.91 Å². The van der Waals surface area contributed by atoms with Crippen LogP contribution in [0.5, 0.6) is 0 Å². The van der Waals surface area contributed by atoms with Gasteiger partial charge in [-0.2, -0.15) is 5.10 Å². The Balaban J connectivity index is 1.91. The molecule has 6 heteroatoms. The second-order valence-electron chi connectivity index (χ2n) is 6.64. The molecule has 5 nitrogen and oxygen atoms in total. The molecule has 0 aliphatic rings. The quantitative estimate of drug-likeness (QED) is 0.765. The first kappa shape index (κ1) is 19.4. The number of carbonyl (C=O) groups excluding carboxylic acids is 2. The lowest BCUT2D eigenvalue weighted by atomic mass is 10.1. The van der Waals surface area contributed by atoms with Crippen LogP contribution in [0.4, 0.5) is 0 Å².